The van der Waals surface area contributed by atoms with Gasteiger partial charge in [0.2, 0.25) is 11.0 Å². The molecule has 7 heteroatoms. The summed E-state index contributed by atoms with van der Waals surface area (Å²) in [6.07, 6.45) is 0. The summed E-state index contributed by atoms with van der Waals surface area (Å²) in [7, 11) is 1.62. The Morgan fingerprint density at radius 1 is 1.19 bits per heavy atom. The second-order valence-corrected chi connectivity index (χ2v) is 7.73. The predicted octanol–water partition coefficient (Wildman–Crippen LogP) is 4.45. The molecule has 0 unspecified atom stereocenters. The zero-order valence-corrected chi connectivity index (χ0v) is 16.0. The number of para-hydroxylation sites is 1. The van der Waals surface area contributed by atoms with Crippen LogP contribution in [0.15, 0.2) is 48.0 Å². The highest BCUT2D eigenvalue weighted by molar-refractivity contribution is 7.13. The molecule has 2 aromatic carbocycles. The summed E-state index contributed by atoms with van der Waals surface area (Å²) in [6, 6.07) is 13.5. The van der Waals surface area contributed by atoms with Gasteiger partial charge in [-0.25, -0.2) is 0 Å². The fraction of sp³-hybridized carbons (Fsp3) is 0.250. The van der Waals surface area contributed by atoms with Crippen LogP contribution in [-0.4, -0.2) is 23.2 Å². The van der Waals surface area contributed by atoms with Gasteiger partial charge in [0, 0.05) is 23.1 Å². The van der Waals surface area contributed by atoms with Crippen molar-refractivity contribution >= 4 is 22.4 Å². The molecular weight excluding hydrogens is 362 g/mol. The summed E-state index contributed by atoms with van der Waals surface area (Å²) < 4.78 is 11.4. The monoisotopic (exact) mass is 381 g/mol. The molecule has 0 radical (unpaired) electrons. The van der Waals surface area contributed by atoms with Crippen molar-refractivity contribution in [2.75, 3.05) is 12.4 Å². The van der Waals surface area contributed by atoms with E-state index in [2.05, 4.69) is 15.5 Å². The molecule has 1 aliphatic rings. The summed E-state index contributed by atoms with van der Waals surface area (Å²) in [5, 5.41) is 11.1. The number of amides is 1. The zero-order chi connectivity index (χ0) is 19.0. The van der Waals surface area contributed by atoms with Gasteiger partial charge in [-0.15, -0.1) is 10.2 Å². The summed E-state index contributed by atoms with van der Waals surface area (Å²) in [6.45, 7) is 3.87. The number of nitrogens with one attached hydrogen (secondary N) is 1. The largest absolute Gasteiger partial charge is 0.497 e. The van der Waals surface area contributed by atoms with Crippen LogP contribution in [0.1, 0.15) is 30.9 Å². The fourth-order valence-corrected chi connectivity index (χ4v) is 3.90. The Morgan fingerprint density at radius 2 is 1.96 bits per heavy atom. The quantitative estimate of drug-likeness (QED) is 0.723. The third kappa shape index (κ3) is 3.04. The number of nitrogens with zero attached hydrogens (tertiary/aromatic N) is 2. The van der Waals surface area contributed by atoms with E-state index in [1.54, 1.807) is 12.6 Å². The number of aromatic nitrogens is 2. The number of methoxy groups -OCH3 is 1. The van der Waals surface area contributed by atoms with Gasteiger partial charge in [-0.3, -0.25) is 4.79 Å². The highest BCUT2D eigenvalue weighted by atomic mass is 32.1. The maximum atomic E-state index is 13.1. The number of carbonyl (C=O) groups excluding carboxylic acids is 1. The second-order valence-electron chi connectivity index (χ2n) is 6.90. The Balaban J connectivity index is 1.80. The number of carbonyl (C=O) groups is 1. The molecule has 1 atom stereocenters. The first-order valence-electron chi connectivity index (χ1n) is 8.53. The van der Waals surface area contributed by atoms with Gasteiger partial charge in [0.15, 0.2) is 0 Å². The van der Waals surface area contributed by atoms with Crippen LogP contribution < -0.4 is 14.8 Å². The SMILES string of the molecule is COc1ccc2c(c1)Oc1ccccc1[C@@H]2C(C)(C)C(=O)Nc1nncs1. The third-order valence-corrected chi connectivity index (χ3v) is 5.48. The van der Waals surface area contributed by atoms with E-state index in [4.69, 9.17) is 9.47 Å². The maximum absolute atomic E-state index is 13.1. The molecule has 4 rings (SSSR count). The lowest BCUT2D eigenvalue weighted by Crippen LogP contribution is -2.38. The Kier molecular flexibility index (Phi) is 4.31. The average Bonchev–Trinajstić information content (AvgIpc) is 3.18. The molecule has 1 amide bonds. The number of rotatable bonds is 4. The van der Waals surface area contributed by atoms with E-state index in [0.717, 1.165) is 16.9 Å². The minimum atomic E-state index is -0.755. The van der Waals surface area contributed by atoms with Crippen LogP contribution in [0.2, 0.25) is 0 Å². The number of hydrogen-bond acceptors (Lipinski definition) is 6. The van der Waals surface area contributed by atoms with Gasteiger partial charge in [-0.05, 0) is 12.1 Å². The van der Waals surface area contributed by atoms with Crippen molar-refractivity contribution in [1.82, 2.24) is 10.2 Å². The first-order chi connectivity index (χ1) is 13.0. The maximum Gasteiger partial charge on any atom is 0.232 e. The average molecular weight is 381 g/mol. The standard InChI is InChI=1S/C20H19N3O3S/c1-20(2,18(24)22-19-23-21-11-27-19)17-13-6-4-5-7-15(13)26-16-10-12(25-3)8-9-14(16)17/h4-11,17H,1-3H3,(H,22,23,24)/t17-/m0/s1. The van der Waals surface area contributed by atoms with Gasteiger partial charge in [-0.2, -0.15) is 0 Å². The van der Waals surface area contributed by atoms with Crippen LogP contribution in [0.4, 0.5) is 5.13 Å². The van der Waals surface area contributed by atoms with Crippen LogP contribution in [0.25, 0.3) is 0 Å². The number of fused-ring (bicyclic) bond motifs is 2. The Bertz CT molecular complexity index is 986. The molecule has 0 fully saturated rings. The summed E-state index contributed by atoms with van der Waals surface area (Å²) >= 11 is 1.29. The smallest absolute Gasteiger partial charge is 0.232 e. The van der Waals surface area contributed by atoms with Crippen molar-refractivity contribution in [2.45, 2.75) is 19.8 Å². The zero-order valence-electron chi connectivity index (χ0n) is 15.2. The van der Waals surface area contributed by atoms with Crippen LogP contribution in [0, 0.1) is 5.41 Å². The summed E-state index contributed by atoms with van der Waals surface area (Å²) in [4.78, 5) is 13.1. The van der Waals surface area contributed by atoms with Gasteiger partial charge in [0.1, 0.15) is 22.8 Å². The molecule has 2 heterocycles. The summed E-state index contributed by atoms with van der Waals surface area (Å²) in [5.74, 6) is 1.86. The van der Waals surface area contributed by atoms with E-state index >= 15 is 0 Å². The van der Waals surface area contributed by atoms with Gasteiger partial charge in [0.25, 0.3) is 0 Å². The van der Waals surface area contributed by atoms with Crippen molar-refractivity contribution in [2.24, 2.45) is 5.41 Å². The van der Waals surface area contributed by atoms with E-state index in [9.17, 15) is 4.79 Å². The Labute approximate surface area is 161 Å². The van der Waals surface area contributed by atoms with Gasteiger partial charge in [0.05, 0.1) is 12.5 Å². The van der Waals surface area contributed by atoms with E-state index in [1.165, 1.54) is 11.3 Å². The molecule has 138 valence electrons. The minimum absolute atomic E-state index is 0.122. The van der Waals surface area contributed by atoms with Crippen LogP contribution in [0.5, 0.6) is 17.2 Å². The van der Waals surface area contributed by atoms with Gasteiger partial charge < -0.3 is 14.8 Å². The number of anilines is 1. The lowest BCUT2D eigenvalue weighted by atomic mass is 9.69. The van der Waals surface area contributed by atoms with Crippen molar-refractivity contribution < 1.29 is 14.3 Å². The first-order valence-corrected chi connectivity index (χ1v) is 9.41. The Morgan fingerprint density at radius 3 is 2.70 bits per heavy atom. The second kappa shape index (κ2) is 6.66. The van der Waals surface area contributed by atoms with Crippen molar-refractivity contribution in [3.05, 3.63) is 59.1 Å². The predicted molar refractivity (Wildman–Crippen MR) is 104 cm³/mol. The van der Waals surface area contributed by atoms with Gasteiger partial charge >= 0.3 is 0 Å². The lowest BCUT2D eigenvalue weighted by molar-refractivity contribution is -0.124. The fourth-order valence-electron chi connectivity index (χ4n) is 3.46. The number of hydrogen-bond donors (Lipinski definition) is 1. The highest BCUT2D eigenvalue weighted by Gasteiger charge is 2.43. The molecule has 0 saturated carbocycles. The highest BCUT2D eigenvalue weighted by Crippen LogP contribution is 2.52. The molecule has 1 aliphatic heterocycles. The van der Waals surface area contributed by atoms with Crippen LogP contribution >= 0.6 is 11.3 Å². The normalized spacial score (nSPS) is 15.3. The van der Waals surface area contributed by atoms with E-state index in [0.29, 0.717) is 16.6 Å². The molecule has 0 aliphatic carbocycles. The van der Waals surface area contributed by atoms with Crippen molar-refractivity contribution in [3.63, 3.8) is 0 Å². The van der Waals surface area contributed by atoms with Crippen molar-refractivity contribution in [3.8, 4) is 17.2 Å². The molecule has 27 heavy (non-hydrogen) atoms. The van der Waals surface area contributed by atoms with Crippen molar-refractivity contribution in [1.29, 1.82) is 0 Å². The topological polar surface area (TPSA) is 73.3 Å². The molecule has 1 N–H and O–H groups in total. The van der Waals surface area contributed by atoms with Gasteiger partial charge in [-0.1, -0.05) is 49.4 Å². The first kappa shape index (κ1) is 17.5. The number of benzene rings is 2. The molecule has 0 bridgehead atoms. The van der Waals surface area contributed by atoms with E-state index in [1.807, 2.05) is 56.3 Å². The molecule has 0 spiro atoms. The lowest BCUT2D eigenvalue weighted by Gasteiger charge is -2.38. The van der Waals surface area contributed by atoms with Crippen LogP contribution in [-0.2, 0) is 4.79 Å². The minimum Gasteiger partial charge on any atom is -0.497 e. The van der Waals surface area contributed by atoms with Crippen LogP contribution in [0.3, 0.4) is 0 Å². The molecule has 3 aromatic rings. The van der Waals surface area contributed by atoms with E-state index in [-0.39, 0.29) is 11.8 Å². The molecule has 1 aromatic heterocycles. The summed E-state index contributed by atoms with van der Waals surface area (Å²) in [5.41, 5.74) is 2.77. The Hall–Kier alpha value is -2.93. The third-order valence-electron chi connectivity index (χ3n) is 4.87. The van der Waals surface area contributed by atoms with E-state index < -0.39 is 5.41 Å². The molecule has 0 saturated heterocycles. The molecule has 6 nitrogen and oxygen atoms in total. The number of ether oxygens (including phenoxy) is 2. The molecular formula is C20H19N3O3S.